The van der Waals surface area contributed by atoms with E-state index < -0.39 is 0 Å². The minimum absolute atomic E-state index is 0.0730. The van der Waals surface area contributed by atoms with E-state index in [0.717, 1.165) is 5.69 Å². The van der Waals surface area contributed by atoms with Crippen LogP contribution in [0.3, 0.4) is 0 Å². The highest BCUT2D eigenvalue weighted by molar-refractivity contribution is 6.45. The second kappa shape index (κ2) is 6.15. The van der Waals surface area contributed by atoms with Crippen LogP contribution in [0.2, 0.25) is 0 Å². The van der Waals surface area contributed by atoms with E-state index in [-0.39, 0.29) is 5.78 Å². The summed E-state index contributed by atoms with van der Waals surface area (Å²) < 4.78 is 0. The number of ketones is 1. The molecule has 3 heteroatoms. The molecule has 2 aromatic carbocycles. The van der Waals surface area contributed by atoms with Crippen molar-refractivity contribution >= 4 is 17.3 Å². The second-order valence-corrected chi connectivity index (χ2v) is 4.86. The fourth-order valence-corrected chi connectivity index (χ4v) is 1.81. The molecular formula is C17H18N2O. The first-order valence-corrected chi connectivity index (χ1v) is 6.50. The van der Waals surface area contributed by atoms with Crippen LogP contribution in [0.5, 0.6) is 0 Å². The van der Waals surface area contributed by atoms with E-state index in [1.807, 2.05) is 63.5 Å². The van der Waals surface area contributed by atoms with Gasteiger partial charge in [0.05, 0.1) is 5.69 Å². The van der Waals surface area contributed by atoms with Crippen molar-refractivity contribution in [3.63, 3.8) is 0 Å². The van der Waals surface area contributed by atoms with E-state index in [2.05, 4.69) is 4.99 Å². The molecule has 0 spiro atoms. The third-order valence-corrected chi connectivity index (χ3v) is 2.93. The first kappa shape index (κ1) is 14.0. The van der Waals surface area contributed by atoms with Crippen LogP contribution in [0.15, 0.2) is 59.6 Å². The number of rotatable bonds is 3. The minimum Gasteiger partial charge on any atom is -0.359 e. The zero-order chi connectivity index (χ0) is 14.5. The Hall–Kier alpha value is -2.42. The van der Waals surface area contributed by atoms with E-state index >= 15 is 0 Å². The van der Waals surface area contributed by atoms with Gasteiger partial charge in [0, 0.05) is 19.7 Å². The van der Waals surface area contributed by atoms with E-state index in [4.69, 9.17) is 0 Å². The molecule has 0 bridgehead atoms. The highest BCUT2D eigenvalue weighted by atomic mass is 16.1. The summed E-state index contributed by atoms with van der Waals surface area (Å²) in [6.07, 6.45) is 0. The zero-order valence-electron chi connectivity index (χ0n) is 12.0. The van der Waals surface area contributed by atoms with Gasteiger partial charge < -0.3 is 4.90 Å². The predicted octanol–water partition coefficient (Wildman–Crippen LogP) is 3.47. The number of carbonyl (C=O) groups excluding carboxylic acids is 1. The number of carbonyl (C=O) groups is 1. The Balaban J connectivity index is 2.36. The Morgan fingerprint density at radius 1 is 0.950 bits per heavy atom. The van der Waals surface area contributed by atoms with Gasteiger partial charge in [0.15, 0.2) is 5.84 Å². The second-order valence-electron chi connectivity index (χ2n) is 4.86. The van der Waals surface area contributed by atoms with Crippen molar-refractivity contribution in [2.75, 3.05) is 14.1 Å². The molecule has 20 heavy (non-hydrogen) atoms. The molecule has 102 valence electrons. The van der Waals surface area contributed by atoms with Crippen LogP contribution in [0.25, 0.3) is 0 Å². The molecule has 0 aliphatic rings. The summed E-state index contributed by atoms with van der Waals surface area (Å²) in [7, 11) is 3.65. The summed E-state index contributed by atoms with van der Waals surface area (Å²) in [5.41, 5.74) is 2.60. The van der Waals surface area contributed by atoms with Crippen LogP contribution in [-0.2, 0) is 0 Å². The van der Waals surface area contributed by atoms with Crippen molar-refractivity contribution in [2.24, 2.45) is 4.99 Å². The molecule has 0 N–H and O–H groups in total. The van der Waals surface area contributed by atoms with Gasteiger partial charge in [-0.25, -0.2) is 4.99 Å². The first-order valence-electron chi connectivity index (χ1n) is 6.50. The number of benzene rings is 2. The Morgan fingerprint density at radius 3 is 2.10 bits per heavy atom. The molecule has 0 amide bonds. The maximum absolute atomic E-state index is 12.5. The lowest BCUT2D eigenvalue weighted by molar-refractivity contribution is 0.105. The van der Waals surface area contributed by atoms with Gasteiger partial charge in [-0.3, -0.25) is 4.79 Å². The standard InChI is InChI=1S/C17H18N2O/c1-13-9-11-15(12-10-13)18-17(19(2)3)16(20)14-7-5-4-6-8-14/h4-12H,1-3H3. The Kier molecular flexibility index (Phi) is 4.31. The molecular weight excluding hydrogens is 248 g/mol. The van der Waals surface area contributed by atoms with Crippen molar-refractivity contribution < 1.29 is 4.79 Å². The van der Waals surface area contributed by atoms with Crippen LogP contribution in [-0.4, -0.2) is 30.6 Å². The lowest BCUT2D eigenvalue weighted by Crippen LogP contribution is -2.30. The normalized spacial score (nSPS) is 11.2. The molecule has 2 aromatic rings. The fraction of sp³-hybridized carbons (Fsp3) is 0.176. The average Bonchev–Trinajstić information content (AvgIpc) is 2.46. The van der Waals surface area contributed by atoms with Gasteiger partial charge >= 0.3 is 0 Å². The largest absolute Gasteiger partial charge is 0.359 e. The highest BCUT2D eigenvalue weighted by Gasteiger charge is 2.15. The topological polar surface area (TPSA) is 32.7 Å². The number of Topliss-reactive ketones (excluding diaryl/α,β-unsaturated/α-hetero) is 1. The number of nitrogens with zero attached hydrogens (tertiary/aromatic N) is 2. The van der Waals surface area contributed by atoms with Gasteiger partial charge in [-0.2, -0.15) is 0 Å². The Labute approximate surface area is 119 Å². The molecule has 0 saturated heterocycles. The summed E-state index contributed by atoms with van der Waals surface area (Å²) in [6, 6.07) is 17.0. The molecule has 0 aliphatic carbocycles. The molecule has 0 atom stereocenters. The maximum atomic E-state index is 12.5. The molecule has 0 saturated carbocycles. The summed E-state index contributed by atoms with van der Waals surface area (Å²) in [6.45, 7) is 2.02. The lowest BCUT2D eigenvalue weighted by Gasteiger charge is -2.14. The van der Waals surface area contributed by atoms with Gasteiger partial charge in [0.25, 0.3) is 0 Å². The Bertz CT molecular complexity index is 613. The third-order valence-electron chi connectivity index (χ3n) is 2.93. The van der Waals surface area contributed by atoms with Crippen molar-refractivity contribution in [3.8, 4) is 0 Å². The Morgan fingerprint density at radius 2 is 1.55 bits per heavy atom. The molecule has 3 nitrogen and oxygen atoms in total. The van der Waals surface area contributed by atoms with Gasteiger partial charge in [-0.1, -0.05) is 48.0 Å². The van der Waals surface area contributed by atoms with Gasteiger partial charge in [-0.05, 0) is 19.1 Å². The lowest BCUT2D eigenvalue weighted by atomic mass is 10.1. The van der Waals surface area contributed by atoms with E-state index in [1.54, 1.807) is 17.0 Å². The van der Waals surface area contributed by atoms with Crippen molar-refractivity contribution in [1.82, 2.24) is 4.90 Å². The van der Waals surface area contributed by atoms with Crippen LogP contribution in [0.4, 0.5) is 5.69 Å². The summed E-state index contributed by atoms with van der Waals surface area (Å²) in [5, 5.41) is 0. The molecule has 2 rings (SSSR count). The minimum atomic E-state index is -0.0730. The van der Waals surface area contributed by atoms with Crippen molar-refractivity contribution in [1.29, 1.82) is 0 Å². The quantitative estimate of drug-likeness (QED) is 0.484. The monoisotopic (exact) mass is 266 g/mol. The van der Waals surface area contributed by atoms with E-state index in [0.29, 0.717) is 11.4 Å². The SMILES string of the molecule is Cc1ccc(N=C(C(=O)c2ccccc2)N(C)C)cc1. The van der Waals surface area contributed by atoms with Crippen molar-refractivity contribution in [2.45, 2.75) is 6.92 Å². The number of likely N-dealkylation sites (N-methyl/N-ethyl adjacent to an activating group) is 1. The maximum Gasteiger partial charge on any atom is 0.228 e. The molecule has 0 unspecified atom stereocenters. The first-order chi connectivity index (χ1) is 9.58. The third kappa shape index (κ3) is 3.32. The predicted molar refractivity (Wildman–Crippen MR) is 82.7 cm³/mol. The number of aliphatic imine (C=N–C) groups is 1. The molecule has 0 aromatic heterocycles. The van der Waals surface area contributed by atoms with E-state index in [1.165, 1.54) is 5.56 Å². The highest BCUT2D eigenvalue weighted by Crippen LogP contribution is 2.14. The van der Waals surface area contributed by atoms with E-state index in [9.17, 15) is 4.79 Å². The van der Waals surface area contributed by atoms with Gasteiger partial charge in [-0.15, -0.1) is 0 Å². The smallest absolute Gasteiger partial charge is 0.228 e. The zero-order valence-corrected chi connectivity index (χ0v) is 12.0. The molecule has 0 radical (unpaired) electrons. The number of hydrogen-bond acceptors (Lipinski definition) is 2. The molecule has 0 heterocycles. The summed E-state index contributed by atoms with van der Waals surface area (Å²) in [4.78, 5) is 18.7. The summed E-state index contributed by atoms with van der Waals surface area (Å²) >= 11 is 0. The number of aryl methyl sites for hydroxylation is 1. The van der Waals surface area contributed by atoms with Crippen LogP contribution in [0, 0.1) is 6.92 Å². The fourth-order valence-electron chi connectivity index (χ4n) is 1.81. The molecule has 0 fully saturated rings. The number of amidine groups is 1. The van der Waals surface area contributed by atoms with Gasteiger partial charge in [0.2, 0.25) is 5.78 Å². The van der Waals surface area contributed by atoms with Crippen molar-refractivity contribution in [3.05, 3.63) is 65.7 Å². The van der Waals surface area contributed by atoms with Gasteiger partial charge in [0.1, 0.15) is 0 Å². The van der Waals surface area contributed by atoms with Crippen LogP contribution in [0.1, 0.15) is 15.9 Å². The molecule has 0 aliphatic heterocycles. The van der Waals surface area contributed by atoms with Crippen LogP contribution >= 0.6 is 0 Å². The number of hydrogen-bond donors (Lipinski definition) is 0. The van der Waals surface area contributed by atoms with Crippen LogP contribution < -0.4 is 0 Å². The summed E-state index contributed by atoms with van der Waals surface area (Å²) in [5.74, 6) is 0.358. The average molecular weight is 266 g/mol.